The van der Waals surface area contributed by atoms with Crippen LogP contribution in [0.5, 0.6) is 0 Å². The zero-order chi connectivity index (χ0) is 16.4. The summed E-state index contributed by atoms with van der Waals surface area (Å²) in [7, 11) is 0. The first-order valence-corrected chi connectivity index (χ1v) is 8.17. The standard InChI is InChI=1S/C17H13ClN2O2S/c1-10-8-11(6-7-12(10)18)19-17(22)14(21)9-16-20-13-4-2-3-5-15(13)23-16/h2-8H,9H2,1H3,(H,19,22). The van der Waals surface area contributed by atoms with Gasteiger partial charge in [-0.1, -0.05) is 23.7 Å². The van der Waals surface area contributed by atoms with Gasteiger partial charge in [0.05, 0.1) is 16.6 Å². The average molecular weight is 345 g/mol. The number of aromatic nitrogens is 1. The number of anilines is 1. The molecule has 0 aliphatic heterocycles. The van der Waals surface area contributed by atoms with Crippen molar-refractivity contribution in [3.8, 4) is 0 Å². The molecule has 0 radical (unpaired) electrons. The van der Waals surface area contributed by atoms with E-state index in [9.17, 15) is 9.59 Å². The van der Waals surface area contributed by atoms with Crippen LogP contribution in [0, 0.1) is 6.92 Å². The summed E-state index contributed by atoms with van der Waals surface area (Å²) in [6.07, 6.45) is -0.00223. The van der Waals surface area contributed by atoms with Crippen molar-refractivity contribution in [2.24, 2.45) is 0 Å². The number of nitrogens with zero attached hydrogens (tertiary/aromatic N) is 1. The predicted molar refractivity (Wildman–Crippen MR) is 93.1 cm³/mol. The molecule has 1 N–H and O–H groups in total. The van der Waals surface area contributed by atoms with Crippen molar-refractivity contribution in [1.29, 1.82) is 0 Å². The molecule has 0 fully saturated rings. The van der Waals surface area contributed by atoms with E-state index in [0.717, 1.165) is 15.8 Å². The minimum absolute atomic E-state index is 0.00223. The molecule has 1 amide bonds. The summed E-state index contributed by atoms with van der Waals surface area (Å²) in [5.74, 6) is -1.16. The quantitative estimate of drug-likeness (QED) is 0.727. The molecule has 3 aromatic rings. The lowest BCUT2D eigenvalue weighted by Crippen LogP contribution is -2.24. The van der Waals surface area contributed by atoms with Gasteiger partial charge in [-0.2, -0.15) is 0 Å². The maximum Gasteiger partial charge on any atom is 0.292 e. The summed E-state index contributed by atoms with van der Waals surface area (Å²) < 4.78 is 1.00. The van der Waals surface area contributed by atoms with E-state index in [0.29, 0.717) is 15.7 Å². The summed E-state index contributed by atoms with van der Waals surface area (Å²) >= 11 is 7.36. The van der Waals surface area contributed by atoms with E-state index >= 15 is 0 Å². The number of hydrogen-bond donors (Lipinski definition) is 1. The predicted octanol–water partition coefficient (Wildman–Crippen LogP) is 4.01. The molecular weight excluding hydrogens is 332 g/mol. The van der Waals surface area contributed by atoms with Crippen molar-refractivity contribution in [3.63, 3.8) is 0 Å². The molecular formula is C17H13ClN2O2S. The zero-order valence-electron chi connectivity index (χ0n) is 12.3. The summed E-state index contributed by atoms with van der Waals surface area (Å²) in [5, 5.41) is 3.85. The van der Waals surface area contributed by atoms with Gasteiger partial charge in [0, 0.05) is 10.7 Å². The van der Waals surface area contributed by atoms with Gasteiger partial charge >= 0.3 is 0 Å². The molecule has 23 heavy (non-hydrogen) atoms. The van der Waals surface area contributed by atoms with Crippen LogP contribution in [0.15, 0.2) is 42.5 Å². The average Bonchev–Trinajstić information content (AvgIpc) is 2.93. The lowest BCUT2D eigenvalue weighted by Gasteiger charge is -2.05. The fourth-order valence-electron chi connectivity index (χ4n) is 2.14. The molecule has 0 bridgehead atoms. The van der Waals surface area contributed by atoms with Gasteiger partial charge in [0.25, 0.3) is 5.91 Å². The SMILES string of the molecule is Cc1cc(NC(=O)C(=O)Cc2nc3ccccc3s2)ccc1Cl. The van der Waals surface area contributed by atoms with E-state index in [-0.39, 0.29) is 6.42 Å². The van der Waals surface area contributed by atoms with Crippen molar-refractivity contribution < 1.29 is 9.59 Å². The number of nitrogens with one attached hydrogen (secondary N) is 1. The summed E-state index contributed by atoms with van der Waals surface area (Å²) in [6.45, 7) is 1.83. The summed E-state index contributed by atoms with van der Waals surface area (Å²) in [5.41, 5.74) is 2.23. The van der Waals surface area contributed by atoms with E-state index < -0.39 is 11.7 Å². The Hall–Kier alpha value is -2.24. The molecule has 0 saturated carbocycles. The van der Waals surface area contributed by atoms with Crippen LogP contribution in [0.2, 0.25) is 5.02 Å². The molecule has 0 atom stereocenters. The number of hydrogen-bond acceptors (Lipinski definition) is 4. The van der Waals surface area contributed by atoms with Crippen LogP contribution in [0.3, 0.4) is 0 Å². The van der Waals surface area contributed by atoms with Gasteiger partial charge in [-0.05, 0) is 42.8 Å². The number of halogens is 1. The number of Topliss-reactive ketones (excluding diaryl/α,β-unsaturated/α-hetero) is 1. The van der Waals surface area contributed by atoms with Gasteiger partial charge in [0.1, 0.15) is 5.01 Å². The van der Waals surface area contributed by atoms with Crippen LogP contribution >= 0.6 is 22.9 Å². The molecule has 1 heterocycles. The highest BCUT2D eigenvalue weighted by molar-refractivity contribution is 7.18. The molecule has 2 aromatic carbocycles. The Morgan fingerprint density at radius 1 is 1.22 bits per heavy atom. The van der Waals surface area contributed by atoms with E-state index in [1.807, 2.05) is 31.2 Å². The molecule has 0 unspecified atom stereocenters. The number of thiazole rings is 1. The zero-order valence-corrected chi connectivity index (χ0v) is 13.9. The maximum atomic E-state index is 12.1. The normalized spacial score (nSPS) is 10.7. The third kappa shape index (κ3) is 3.57. The first-order valence-electron chi connectivity index (χ1n) is 6.98. The number of fused-ring (bicyclic) bond motifs is 1. The minimum Gasteiger partial charge on any atom is -0.319 e. The second kappa shape index (κ2) is 6.48. The Morgan fingerprint density at radius 2 is 2.00 bits per heavy atom. The van der Waals surface area contributed by atoms with Crippen LogP contribution in [0.4, 0.5) is 5.69 Å². The molecule has 116 valence electrons. The highest BCUT2D eigenvalue weighted by Gasteiger charge is 2.17. The third-order valence-corrected chi connectivity index (χ3v) is 4.78. The second-order valence-corrected chi connectivity index (χ2v) is 6.62. The smallest absolute Gasteiger partial charge is 0.292 e. The molecule has 4 nitrogen and oxygen atoms in total. The van der Waals surface area contributed by atoms with Crippen molar-refractivity contribution in [2.75, 3.05) is 5.32 Å². The molecule has 1 aromatic heterocycles. The van der Waals surface area contributed by atoms with Crippen molar-refractivity contribution >= 4 is 50.5 Å². The minimum atomic E-state index is -0.647. The van der Waals surface area contributed by atoms with E-state index in [1.54, 1.807) is 18.2 Å². The van der Waals surface area contributed by atoms with Gasteiger partial charge in [-0.25, -0.2) is 4.98 Å². The molecule has 0 spiro atoms. The first-order chi connectivity index (χ1) is 11.0. The highest BCUT2D eigenvalue weighted by Crippen LogP contribution is 2.22. The number of benzene rings is 2. The molecule has 0 aliphatic rings. The Bertz CT molecular complexity index is 871. The molecule has 0 saturated heterocycles. The van der Waals surface area contributed by atoms with Crippen molar-refractivity contribution in [2.45, 2.75) is 13.3 Å². The molecule has 3 rings (SSSR count). The highest BCUT2D eigenvalue weighted by atomic mass is 35.5. The van der Waals surface area contributed by atoms with E-state index in [2.05, 4.69) is 10.3 Å². The molecule has 0 aliphatic carbocycles. The third-order valence-electron chi connectivity index (χ3n) is 3.32. The van der Waals surface area contributed by atoms with Gasteiger partial charge in [0.15, 0.2) is 0 Å². The van der Waals surface area contributed by atoms with Crippen molar-refractivity contribution in [3.05, 3.63) is 58.1 Å². The lowest BCUT2D eigenvalue weighted by molar-refractivity contribution is -0.134. The Morgan fingerprint density at radius 3 is 2.74 bits per heavy atom. The Kier molecular flexibility index (Phi) is 4.41. The van der Waals surface area contributed by atoms with Crippen molar-refractivity contribution in [1.82, 2.24) is 4.98 Å². The fourth-order valence-corrected chi connectivity index (χ4v) is 3.22. The topological polar surface area (TPSA) is 59.1 Å². The van der Waals surface area contributed by atoms with Crippen LogP contribution in [0.1, 0.15) is 10.6 Å². The van der Waals surface area contributed by atoms with Gasteiger partial charge < -0.3 is 5.32 Å². The number of para-hydroxylation sites is 1. The monoisotopic (exact) mass is 344 g/mol. The van der Waals surface area contributed by atoms with Gasteiger partial charge in [-0.3, -0.25) is 9.59 Å². The number of aryl methyl sites for hydroxylation is 1. The number of carbonyl (C=O) groups excluding carboxylic acids is 2. The van der Waals surface area contributed by atoms with Crippen LogP contribution in [0.25, 0.3) is 10.2 Å². The molecule has 6 heteroatoms. The van der Waals surface area contributed by atoms with Crippen LogP contribution in [-0.2, 0) is 16.0 Å². The van der Waals surface area contributed by atoms with Gasteiger partial charge in [-0.15, -0.1) is 11.3 Å². The fraction of sp³-hybridized carbons (Fsp3) is 0.118. The van der Waals surface area contributed by atoms with Crippen LogP contribution in [-0.4, -0.2) is 16.7 Å². The van der Waals surface area contributed by atoms with Crippen LogP contribution < -0.4 is 5.32 Å². The number of carbonyl (C=O) groups is 2. The maximum absolute atomic E-state index is 12.1. The Labute approximate surface area is 142 Å². The Balaban J connectivity index is 1.69. The summed E-state index contributed by atoms with van der Waals surface area (Å²) in [4.78, 5) is 28.5. The number of rotatable bonds is 4. The lowest BCUT2D eigenvalue weighted by atomic mass is 10.2. The largest absolute Gasteiger partial charge is 0.319 e. The number of ketones is 1. The summed E-state index contributed by atoms with van der Waals surface area (Å²) in [6, 6.07) is 12.7. The van der Waals surface area contributed by atoms with E-state index in [4.69, 9.17) is 11.6 Å². The van der Waals surface area contributed by atoms with Gasteiger partial charge in [0.2, 0.25) is 5.78 Å². The van der Waals surface area contributed by atoms with E-state index in [1.165, 1.54) is 11.3 Å². The number of amides is 1. The first kappa shape index (κ1) is 15.6. The second-order valence-electron chi connectivity index (χ2n) is 5.09.